The van der Waals surface area contributed by atoms with E-state index < -0.39 is 0 Å². The Morgan fingerprint density at radius 2 is 1.94 bits per heavy atom. The van der Waals surface area contributed by atoms with Gasteiger partial charge in [0, 0.05) is 32.5 Å². The molecule has 1 aromatic carbocycles. The van der Waals surface area contributed by atoms with Crippen molar-refractivity contribution in [2.24, 2.45) is 4.99 Å². The molecule has 0 aliphatic carbocycles. The van der Waals surface area contributed by atoms with E-state index in [1.54, 1.807) is 14.2 Å². The van der Waals surface area contributed by atoms with Crippen LogP contribution in [0.5, 0.6) is 5.75 Å². The van der Waals surface area contributed by atoms with Crippen LogP contribution in [0.15, 0.2) is 33.8 Å². The standard InChI is InChI=1S/C23H36N6O2/c1-17(2)22-27-21(31-28-22)8-7-13-25-23(24-3)26-16-20(29-14-5-6-15-29)18-9-11-19(30-4)12-10-18/h9-12,17,20H,5-8,13-16H2,1-4H3,(H2,24,25,26). The summed E-state index contributed by atoms with van der Waals surface area (Å²) in [6.07, 6.45) is 4.17. The largest absolute Gasteiger partial charge is 0.497 e. The normalized spacial score (nSPS) is 16.0. The third-order valence-electron chi connectivity index (χ3n) is 5.63. The summed E-state index contributed by atoms with van der Waals surface area (Å²) in [7, 11) is 3.51. The molecule has 0 spiro atoms. The average Bonchev–Trinajstić information content (AvgIpc) is 3.48. The minimum Gasteiger partial charge on any atom is -0.497 e. The first kappa shape index (κ1) is 23.1. The van der Waals surface area contributed by atoms with Crippen LogP contribution in [-0.2, 0) is 6.42 Å². The maximum atomic E-state index is 5.32. The summed E-state index contributed by atoms with van der Waals surface area (Å²) < 4.78 is 10.6. The van der Waals surface area contributed by atoms with E-state index in [0.717, 1.165) is 56.6 Å². The number of rotatable bonds is 10. The van der Waals surface area contributed by atoms with Crippen molar-refractivity contribution < 1.29 is 9.26 Å². The quantitative estimate of drug-likeness (QED) is 0.341. The number of nitrogens with one attached hydrogen (secondary N) is 2. The van der Waals surface area contributed by atoms with Gasteiger partial charge in [-0.05, 0) is 50.0 Å². The maximum absolute atomic E-state index is 5.32. The first-order valence-corrected chi connectivity index (χ1v) is 11.3. The van der Waals surface area contributed by atoms with E-state index >= 15 is 0 Å². The van der Waals surface area contributed by atoms with E-state index in [2.05, 4.69) is 56.6 Å². The number of aliphatic imine (C=N–C) groups is 1. The van der Waals surface area contributed by atoms with Gasteiger partial charge in [-0.3, -0.25) is 9.89 Å². The van der Waals surface area contributed by atoms with Gasteiger partial charge in [0.15, 0.2) is 11.8 Å². The summed E-state index contributed by atoms with van der Waals surface area (Å²) in [4.78, 5) is 11.4. The van der Waals surface area contributed by atoms with Crippen LogP contribution in [-0.4, -0.2) is 61.3 Å². The Balaban J connectivity index is 1.49. The zero-order chi connectivity index (χ0) is 22.1. The van der Waals surface area contributed by atoms with Crippen LogP contribution >= 0.6 is 0 Å². The third-order valence-corrected chi connectivity index (χ3v) is 5.63. The number of methoxy groups -OCH3 is 1. The number of benzene rings is 1. The highest BCUT2D eigenvalue weighted by Gasteiger charge is 2.23. The zero-order valence-corrected chi connectivity index (χ0v) is 19.2. The van der Waals surface area contributed by atoms with E-state index in [4.69, 9.17) is 9.26 Å². The lowest BCUT2D eigenvalue weighted by atomic mass is 10.1. The van der Waals surface area contributed by atoms with Gasteiger partial charge >= 0.3 is 0 Å². The lowest BCUT2D eigenvalue weighted by Gasteiger charge is -2.29. The van der Waals surface area contributed by atoms with Crippen LogP contribution in [0.4, 0.5) is 0 Å². The molecule has 1 unspecified atom stereocenters. The van der Waals surface area contributed by atoms with Gasteiger partial charge in [-0.15, -0.1) is 0 Å². The molecule has 0 radical (unpaired) electrons. The summed E-state index contributed by atoms with van der Waals surface area (Å²) in [6.45, 7) is 7.98. The number of hydrogen-bond donors (Lipinski definition) is 2. The highest BCUT2D eigenvalue weighted by atomic mass is 16.5. The molecule has 1 aliphatic heterocycles. The second-order valence-electron chi connectivity index (χ2n) is 8.22. The van der Waals surface area contributed by atoms with Gasteiger partial charge in [0.05, 0.1) is 13.2 Å². The van der Waals surface area contributed by atoms with Crippen LogP contribution in [0.1, 0.15) is 62.3 Å². The van der Waals surface area contributed by atoms with Gasteiger partial charge in [0.1, 0.15) is 5.75 Å². The molecule has 2 aromatic rings. The number of guanidine groups is 1. The Hall–Kier alpha value is -2.61. The molecule has 170 valence electrons. The Morgan fingerprint density at radius 3 is 2.55 bits per heavy atom. The first-order valence-electron chi connectivity index (χ1n) is 11.3. The topological polar surface area (TPSA) is 87.8 Å². The summed E-state index contributed by atoms with van der Waals surface area (Å²) in [6, 6.07) is 8.70. The van der Waals surface area contributed by atoms with Crippen LogP contribution in [0.2, 0.25) is 0 Å². The number of likely N-dealkylation sites (tertiary alicyclic amines) is 1. The second-order valence-corrected chi connectivity index (χ2v) is 8.22. The lowest BCUT2D eigenvalue weighted by Crippen LogP contribution is -2.43. The molecule has 2 N–H and O–H groups in total. The van der Waals surface area contributed by atoms with Crippen molar-refractivity contribution in [2.45, 2.75) is 51.5 Å². The van der Waals surface area contributed by atoms with Crippen molar-refractivity contribution in [1.29, 1.82) is 0 Å². The fourth-order valence-electron chi connectivity index (χ4n) is 3.80. The Kier molecular flexibility index (Phi) is 8.70. The summed E-state index contributed by atoms with van der Waals surface area (Å²) in [5, 5.41) is 10.9. The van der Waals surface area contributed by atoms with Crippen molar-refractivity contribution in [3.63, 3.8) is 0 Å². The van der Waals surface area contributed by atoms with Gasteiger partial charge in [0.2, 0.25) is 5.89 Å². The molecule has 1 fully saturated rings. The zero-order valence-electron chi connectivity index (χ0n) is 19.2. The Bertz CT molecular complexity index is 812. The van der Waals surface area contributed by atoms with Gasteiger partial charge in [-0.1, -0.05) is 31.1 Å². The van der Waals surface area contributed by atoms with E-state index in [-0.39, 0.29) is 5.92 Å². The van der Waals surface area contributed by atoms with Crippen LogP contribution in [0.25, 0.3) is 0 Å². The monoisotopic (exact) mass is 428 g/mol. The van der Waals surface area contributed by atoms with Crippen molar-refractivity contribution >= 4 is 5.96 Å². The molecule has 1 atom stereocenters. The highest BCUT2D eigenvalue weighted by molar-refractivity contribution is 5.79. The van der Waals surface area contributed by atoms with Crippen molar-refractivity contribution in [2.75, 3.05) is 40.3 Å². The fourth-order valence-corrected chi connectivity index (χ4v) is 3.80. The summed E-state index contributed by atoms with van der Waals surface area (Å²) in [5.74, 6) is 3.45. The van der Waals surface area contributed by atoms with E-state index in [1.807, 2.05) is 12.1 Å². The van der Waals surface area contributed by atoms with E-state index in [9.17, 15) is 0 Å². The molecule has 3 rings (SSSR count). The summed E-state index contributed by atoms with van der Waals surface area (Å²) >= 11 is 0. The Labute approximate surface area is 185 Å². The Morgan fingerprint density at radius 1 is 1.19 bits per heavy atom. The number of hydrogen-bond acceptors (Lipinski definition) is 6. The van der Waals surface area contributed by atoms with E-state index in [0.29, 0.717) is 11.9 Å². The smallest absolute Gasteiger partial charge is 0.226 e. The molecule has 0 amide bonds. The van der Waals surface area contributed by atoms with Crippen molar-refractivity contribution in [1.82, 2.24) is 25.7 Å². The molecule has 0 bridgehead atoms. The SMILES string of the molecule is CN=C(NCCCc1nc(C(C)C)no1)NCC(c1ccc(OC)cc1)N1CCCC1. The van der Waals surface area contributed by atoms with E-state index in [1.165, 1.54) is 18.4 Å². The molecule has 8 heteroatoms. The van der Waals surface area contributed by atoms with Crippen molar-refractivity contribution in [3.05, 3.63) is 41.5 Å². The van der Waals surface area contributed by atoms with Gasteiger partial charge in [-0.2, -0.15) is 4.98 Å². The average molecular weight is 429 g/mol. The number of aryl methyl sites for hydroxylation is 1. The minimum atomic E-state index is 0.285. The number of aromatic nitrogens is 2. The molecular formula is C23H36N6O2. The maximum Gasteiger partial charge on any atom is 0.226 e. The van der Waals surface area contributed by atoms with Gasteiger partial charge in [-0.25, -0.2) is 0 Å². The van der Waals surface area contributed by atoms with Gasteiger partial charge < -0.3 is 19.9 Å². The molecule has 31 heavy (non-hydrogen) atoms. The lowest BCUT2D eigenvalue weighted by molar-refractivity contribution is 0.245. The number of nitrogens with zero attached hydrogens (tertiary/aromatic N) is 4. The van der Waals surface area contributed by atoms with Crippen LogP contribution < -0.4 is 15.4 Å². The number of ether oxygens (including phenoxy) is 1. The molecule has 2 heterocycles. The predicted molar refractivity (Wildman–Crippen MR) is 123 cm³/mol. The molecule has 8 nitrogen and oxygen atoms in total. The third kappa shape index (κ3) is 6.69. The van der Waals surface area contributed by atoms with Crippen molar-refractivity contribution in [3.8, 4) is 5.75 Å². The predicted octanol–water partition coefficient (Wildman–Crippen LogP) is 3.14. The van der Waals surface area contributed by atoms with Crippen LogP contribution in [0, 0.1) is 0 Å². The minimum absolute atomic E-state index is 0.285. The molecule has 1 aliphatic rings. The molecule has 0 saturated carbocycles. The fraction of sp³-hybridized carbons (Fsp3) is 0.609. The van der Waals surface area contributed by atoms with Gasteiger partial charge in [0.25, 0.3) is 0 Å². The first-order chi connectivity index (χ1) is 15.1. The molecule has 1 saturated heterocycles. The van der Waals surface area contributed by atoms with Crippen LogP contribution in [0.3, 0.4) is 0 Å². The molecular weight excluding hydrogens is 392 g/mol. The molecule has 1 aromatic heterocycles. The second kappa shape index (κ2) is 11.7. The summed E-state index contributed by atoms with van der Waals surface area (Å²) in [5.41, 5.74) is 1.29. The highest BCUT2D eigenvalue weighted by Crippen LogP contribution is 2.26.